The molecule has 1 aliphatic rings. The Labute approximate surface area is 122 Å². The van der Waals surface area contributed by atoms with Crippen molar-refractivity contribution in [3.63, 3.8) is 0 Å². The van der Waals surface area contributed by atoms with Gasteiger partial charge < -0.3 is 10.5 Å². The molecule has 2 atom stereocenters. The Morgan fingerprint density at radius 1 is 1.37 bits per heavy atom. The molecule has 19 heavy (non-hydrogen) atoms. The second-order valence-electron chi connectivity index (χ2n) is 4.62. The van der Waals surface area contributed by atoms with E-state index in [-0.39, 0.29) is 26.6 Å². The third-order valence-electron chi connectivity index (χ3n) is 3.21. The van der Waals surface area contributed by atoms with Gasteiger partial charge in [0, 0.05) is 18.6 Å². The lowest BCUT2D eigenvalue weighted by Crippen LogP contribution is -2.37. The first-order valence-electron chi connectivity index (χ1n) is 5.92. The van der Waals surface area contributed by atoms with Crippen LogP contribution in [0.4, 0.5) is 0 Å². The Kier molecular flexibility index (Phi) is 4.74. The van der Waals surface area contributed by atoms with Crippen LogP contribution in [0, 0.1) is 5.92 Å². The van der Waals surface area contributed by atoms with E-state index in [1.165, 1.54) is 12.1 Å². The number of hydrogen-bond acceptors (Lipinski definition) is 4. The average Bonchev–Trinajstić information content (AvgIpc) is 2.80. The molecule has 106 valence electrons. The fourth-order valence-corrected chi connectivity index (χ4v) is 4.92. The van der Waals surface area contributed by atoms with Crippen LogP contribution in [-0.4, -0.2) is 33.4 Å². The van der Waals surface area contributed by atoms with Crippen molar-refractivity contribution in [3.8, 4) is 0 Å². The van der Waals surface area contributed by atoms with Crippen LogP contribution in [-0.2, 0) is 14.6 Å². The smallest absolute Gasteiger partial charge is 0.182 e. The van der Waals surface area contributed by atoms with Gasteiger partial charge in [0.2, 0.25) is 0 Å². The van der Waals surface area contributed by atoms with Crippen molar-refractivity contribution in [2.75, 3.05) is 19.0 Å². The van der Waals surface area contributed by atoms with E-state index in [2.05, 4.69) is 0 Å². The zero-order valence-corrected chi connectivity index (χ0v) is 12.5. The molecule has 1 aromatic carbocycles. The lowest BCUT2D eigenvalue weighted by atomic mass is 10.0. The normalized spacial score (nSPS) is 21.5. The summed E-state index contributed by atoms with van der Waals surface area (Å²) in [6.45, 7) is 1.14. The molecule has 2 unspecified atom stereocenters. The molecule has 2 N–H and O–H groups in total. The summed E-state index contributed by atoms with van der Waals surface area (Å²) in [5.41, 5.74) is 5.96. The van der Waals surface area contributed by atoms with E-state index in [1.807, 2.05) is 0 Å². The Morgan fingerprint density at radius 3 is 2.53 bits per heavy atom. The molecule has 0 aromatic heterocycles. The molecule has 1 saturated heterocycles. The Balaban J connectivity index is 2.22. The fraction of sp³-hybridized carbons (Fsp3) is 0.500. The quantitative estimate of drug-likeness (QED) is 0.921. The van der Waals surface area contributed by atoms with E-state index >= 15 is 0 Å². The van der Waals surface area contributed by atoms with Crippen molar-refractivity contribution in [2.24, 2.45) is 11.7 Å². The van der Waals surface area contributed by atoms with Crippen LogP contribution in [0.15, 0.2) is 23.1 Å². The minimum absolute atomic E-state index is 0.0345. The largest absolute Gasteiger partial charge is 0.381 e. The number of hydrogen-bond donors (Lipinski definition) is 1. The van der Waals surface area contributed by atoms with Crippen LogP contribution >= 0.6 is 23.2 Å². The van der Waals surface area contributed by atoms with Crippen molar-refractivity contribution in [1.82, 2.24) is 0 Å². The number of halogens is 2. The summed E-state index contributed by atoms with van der Waals surface area (Å²) in [5, 5.41) is 0.254. The molecular formula is C12H15Cl2NO3S. The Morgan fingerprint density at radius 2 is 2.00 bits per heavy atom. The van der Waals surface area contributed by atoms with Gasteiger partial charge in [-0.05, 0) is 18.6 Å². The van der Waals surface area contributed by atoms with Gasteiger partial charge in [-0.3, -0.25) is 0 Å². The van der Waals surface area contributed by atoms with Crippen molar-refractivity contribution in [1.29, 1.82) is 0 Å². The summed E-state index contributed by atoms with van der Waals surface area (Å²) < 4.78 is 29.9. The van der Waals surface area contributed by atoms with Gasteiger partial charge in [-0.1, -0.05) is 29.3 Å². The van der Waals surface area contributed by atoms with Crippen molar-refractivity contribution >= 4 is 33.0 Å². The van der Waals surface area contributed by atoms with E-state index in [0.717, 1.165) is 6.42 Å². The van der Waals surface area contributed by atoms with Crippen LogP contribution in [0.3, 0.4) is 0 Å². The highest BCUT2D eigenvalue weighted by Crippen LogP contribution is 2.31. The van der Waals surface area contributed by atoms with Gasteiger partial charge in [-0.25, -0.2) is 8.42 Å². The van der Waals surface area contributed by atoms with Gasteiger partial charge in [0.15, 0.2) is 9.84 Å². The molecule has 2 rings (SSSR count). The molecule has 0 saturated carbocycles. The first-order chi connectivity index (χ1) is 8.92. The second-order valence-corrected chi connectivity index (χ2v) is 7.41. The topological polar surface area (TPSA) is 69.4 Å². The molecule has 0 amide bonds. The summed E-state index contributed by atoms with van der Waals surface area (Å²) in [4.78, 5) is -0.0345. The van der Waals surface area contributed by atoms with Crippen LogP contribution in [0.1, 0.15) is 6.42 Å². The van der Waals surface area contributed by atoms with Crippen LogP contribution < -0.4 is 5.73 Å². The standard InChI is InChI=1S/C12H15Cl2NO3S/c13-9-2-1-3-10(14)12(9)19(16,17)7-11(15)8-4-5-18-6-8/h1-3,8,11H,4-7,15H2. The van der Waals surface area contributed by atoms with E-state index < -0.39 is 15.9 Å². The van der Waals surface area contributed by atoms with E-state index in [9.17, 15) is 8.42 Å². The van der Waals surface area contributed by atoms with E-state index in [1.54, 1.807) is 6.07 Å². The lowest BCUT2D eigenvalue weighted by molar-refractivity contribution is 0.182. The van der Waals surface area contributed by atoms with Gasteiger partial charge in [0.1, 0.15) is 4.90 Å². The Bertz CT molecular complexity index is 536. The van der Waals surface area contributed by atoms with Gasteiger partial charge in [0.05, 0.1) is 22.4 Å². The maximum atomic E-state index is 12.4. The minimum Gasteiger partial charge on any atom is -0.381 e. The summed E-state index contributed by atoms with van der Waals surface area (Å²) >= 11 is 11.9. The molecule has 1 aliphatic heterocycles. The average molecular weight is 324 g/mol. The second kappa shape index (κ2) is 5.97. The molecule has 0 spiro atoms. The molecule has 1 heterocycles. The van der Waals surface area contributed by atoms with E-state index in [4.69, 9.17) is 33.7 Å². The first kappa shape index (κ1) is 15.1. The summed E-state index contributed by atoms with van der Waals surface area (Å²) in [7, 11) is -3.60. The summed E-state index contributed by atoms with van der Waals surface area (Å²) in [6.07, 6.45) is 0.785. The third kappa shape index (κ3) is 3.41. The number of sulfone groups is 1. The molecule has 0 bridgehead atoms. The summed E-state index contributed by atoms with van der Waals surface area (Å²) in [5.74, 6) is -0.110. The number of rotatable bonds is 4. The molecule has 0 radical (unpaired) electrons. The maximum absolute atomic E-state index is 12.4. The van der Waals surface area contributed by atoms with Gasteiger partial charge in [-0.2, -0.15) is 0 Å². The lowest BCUT2D eigenvalue weighted by Gasteiger charge is -2.18. The molecule has 1 fully saturated rings. The molecule has 1 aromatic rings. The number of ether oxygens (including phenoxy) is 1. The molecule has 4 nitrogen and oxygen atoms in total. The SMILES string of the molecule is NC(CS(=O)(=O)c1c(Cl)cccc1Cl)C1CCOC1. The van der Waals surface area contributed by atoms with Gasteiger partial charge >= 0.3 is 0 Å². The number of nitrogens with two attached hydrogens (primary N) is 1. The van der Waals surface area contributed by atoms with E-state index in [0.29, 0.717) is 13.2 Å². The highest BCUT2D eigenvalue weighted by Gasteiger charge is 2.30. The predicted octanol–water partition coefficient (Wildman–Crippen LogP) is 2.13. The van der Waals surface area contributed by atoms with Crippen LogP contribution in [0.5, 0.6) is 0 Å². The predicted molar refractivity (Wildman–Crippen MR) is 75.4 cm³/mol. The monoisotopic (exact) mass is 323 g/mol. The van der Waals surface area contributed by atoms with Crippen molar-refractivity contribution in [3.05, 3.63) is 28.2 Å². The highest BCUT2D eigenvalue weighted by molar-refractivity contribution is 7.91. The minimum atomic E-state index is -3.60. The molecule has 0 aliphatic carbocycles. The van der Waals surface area contributed by atoms with Gasteiger partial charge in [0.25, 0.3) is 0 Å². The van der Waals surface area contributed by atoms with Crippen molar-refractivity contribution < 1.29 is 13.2 Å². The third-order valence-corrected chi connectivity index (χ3v) is 5.95. The zero-order chi connectivity index (χ0) is 14.0. The highest BCUT2D eigenvalue weighted by atomic mass is 35.5. The number of benzene rings is 1. The zero-order valence-electron chi connectivity index (χ0n) is 10.2. The van der Waals surface area contributed by atoms with Gasteiger partial charge in [-0.15, -0.1) is 0 Å². The fourth-order valence-electron chi connectivity index (χ4n) is 2.14. The summed E-state index contributed by atoms with van der Waals surface area (Å²) in [6, 6.07) is 4.14. The molecular weight excluding hydrogens is 309 g/mol. The van der Waals surface area contributed by atoms with Crippen LogP contribution in [0.25, 0.3) is 0 Å². The first-order valence-corrected chi connectivity index (χ1v) is 8.33. The molecule has 7 heteroatoms. The Hall–Kier alpha value is -0.330. The van der Waals surface area contributed by atoms with Crippen molar-refractivity contribution in [2.45, 2.75) is 17.4 Å². The maximum Gasteiger partial charge on any atom is 0.182 e. The van der Waals surface area contributed by atoms with Crippen LogP contribution in [0.2, 0.25) is 10.0 Å².